The van der Waals surface area contributed by atoms with E-state index in [4.69, 9.17) is 9.15 Å². The first-order valence-corrected chi connectivity index (χ1v) is 9.89. The molecule has 3 aromatic carbocycles. The largest absolute Gasteiger partial charge is 0.482 e. The van der Waals surface area contributed by atoms with Gasteiger partial charge in [0.15, 0.2) is 18.2 Å². The molecule has 6 nitrogen and oxygen atoms in total. The first-order chi connectivity index (χ1) is 15.5. The van der Waals surface area contributed by atoms with Gasteiger partial charge in [0.25, 0.3) is 5.91 Å². The number of carbonyl (C=O) groups is 3. The van der Waals surface area contributed by atoms with Crippen molar-refractivity contribution in [3.63, 3.8) is 0 Å². The van der Waals surface area contributed by atoms with E-state index in [9.17, 15) is 18.8 Å². The van der Waals surface area contributed by atoms with E-state index in [0.29, 0.717) is 22.6 Å². The van der Waals surface area contributed by atoms with E-state index >= 15 is 0 Å². The van der Waals surface area contributed by atoms with Crippen LogP contribution in [-0.2, 0) is 4.79 Å². The number of Topliss-reactive ketones (excluding diaryl/α,β-unsaturated/α-hetero) is 1. The highest BCUT2D eigenvalue weighted by atomic mass is 19.1. The number of hydrogen-bond donors (Lipinski definition) is 0. The van der Waals surface area contributed by atoms with Crippen molar-refractivity contribution >= 4 is 34.1 Å². The summed E-state index contributed by atoms with van der Waals surface area (Å²) in [4.78, 5) is 39.5. The minimum absolute atomic E-state index is 0.170. The number of hydrogen-bond acceptors (Lipinski definition) is 5. The Balaban J connectivity index is 1.47. The standard InChI is InChI=1S/C25H16FNO5/c26-18-8-5-15(6-9-18)20(28)13-27-19-11-17(7-10-22(19)31-14-24(27)29)25(30)23-12-16-3-1-2-4-21(16)32-23/h1-12H,13-14H2. The lowest BCUT2D eigenvalue weighted by molar-refractivity contribution is -0.121. The Labute approximate surface area is 181 Å². The Hall–Kier alpha value is -4.26. The molecule has 1 aliphatic heterocycles. The van der Waals surface area contributed by atoms with Gasteiger partial charge in [-0.3, -0.25) is 19.3 Å². The number of rotatable bonds is 5. The Morgan fingerprint density at radius 3 is 2.47 bits per heavy atom. The van der Waals surface area contributed by atoms with Crippen LogP contribution in [0.15, 0.2) is 77.2 Å². The molecule has 158 valence electrons. The first-order valence-electron chi connectivity index (χ1n) is 9.89. The average molecular weight is 429 g/mol. The summed E-state index contributed by atoms with van der Waals surface area (Å²) in [6.45, 7) is -0.482. The molecule has 0 N–H and O–H groups in total. The third-order valence-corrected chi connectivity index (χ3v) is 5.28. The number of benzene rings is 3. The number of ether oxygens (including phenoxy) is 1. The number of carbonyl (C=O) groups excluding carboxylic acids is 3. The lowest BCUT2D eigenvalue weighted by Crippen LogP contribution is -2.42. The van der Waals surface area contributed by atoms with Gasteiger partial charge >= 0.3 is 0 Å². The molecule has 0 saturated carbocycles. The lowest BCUT2D eigenvalue weighted by Gasteiger charge is -2.29. The number of amides is 1. The second-order valence-corrected chi connectivity index (χ2v) is 7.36. The van der Waals surface area contributed by atoms with Crippen molar-refractivity contribution in [2.45, 2.75) is 0 Å². The van der Waals surface area contributed by atoms with E-state index in [1.54, 1.807) is 24.3 Å². The molecule has 5 rings (SSSR count). The molecule has 0 atom stereocenters. The van der Waals surface area contributed by atoms with Crippen LogP contribution in [0.2, 0.25) is 0 Å². The van der Waals surface area contributed by atoms with Gasteiger partial charge in [-0.1, -0.05) is 18.2 Å². The smallest absolute Gasteiger partial charge is 0.265 e. The summed E-state index contributed by atoms with van der Waals surface area (Å²) in [5, 5.41) is 0.804. The molecule has 2 heterocycles. The molecule has 0 spiro atoms. The molecule has 1 aliphatic rings. The van der Waals surface area contributed by atoms with E-state index < -0.39 is 11.7 Å². The summed E-state index contributed by atoms with van der Waals surface area (Å²) in [6, 6.07) is 18.7. The first kappa shape index (κ1) is 19.7. The highest BCUT2D eigenvalue weighted by Gasteiger charge is 2.29. The van der Waals surface area contributed by atoms with Crippen LogP contribution >= 0.6 is 0 Å². The predicted octanol–water partition coefficient (Wildman–Crippen LogP) is 4.41. The number of anilines is 1. The summed E-state index contributed by atoms with van der Waals surface area (Å²) in [5.74, 6) is -1.03. The summed E-state index contributed by atoms with van der Waals surface area (Å²) in [6.07, 6.45) is 0. The molecule has 4 aromatic rings. The maximum Gasteiger partial charge on any atom is 0.265 e. The van der Waals surface area contributed by atoms with Gasteiger partial charge in [0.05, 0.1) is 12.2 Å². The van der Waals surface area contributed by atoms with E-state index in [1.807, 2.05) is 18.2 Å². The number of furan rings is 1. The van der Waals surface area contributed by atoms with Gasteiger partial charge in [-0.05, 0) is 54.6 Å². The highest BCUT2D eigenvalue weighted by molar-refractivity contribution is 6.11. The molecular formula is C25H16FNO5. The minimum atomic E-state index is -0.455. The van der Waals surface area contributed by atoms with Crippen LogP contribution in [-0.4, -0.2) is 30.6 Å². The third kappa shape index (κ3) is 3.54. The fourth-order valence-corrected chi connectivity index (χ4v) is 3.62. The predicted molar refractivity (Wildman–Crippen MR) is 115 cm³/mol. The van der Waals surface area contributed by atoms with Crippen molar-refractivity contribution < 1.29 is 27.9 Å². The third-order valence-electron chi connectivity index (χ3n) is 5.28. The van der Waals surface area contributed by atoms with Crippen LogP contribution in [0.25, 0.3) is 11.0 Å². The second kappa shape index (κ2) is 7.77. The number of fused-ring (bicyclic) bond motifs is 2. The Kier molecular flexibility index (Phi) is 4.78. The second-order valence-electron chi connectivity index (χ2n) is 7.36. The highest BCUT2D eigenvalue weighted by Crippen LogP contribution is 2.34. The van der Waals surface area contributed by atoms with Crippen molar-refractivity contribution in [1.82, 2.24) is 0 Å². The van der Waals surface area contributed by atoms with Gasteiger partial charge in [0, 0.05) is 16.5 Å². The van der Waals surface area contributed by atoms with E-state index in [-0.39, 0.29) is 36.0 Å². The zero-order chi connectivity index (χ0) is 22.2. The van der Waals surface area contributed by atoms with Crippen LogP contribution in [0, 0.1) is 5.82 Å². The monoisotopic (exact) mass is 429 g/mol. The molecule has 7 heteroatoms. The minimum Gasteiger partial charge on any atom is -0.482 e. The van der Waals surface area contributed by atoms with Gasteiger partial charge in [0.2, 0.25) is 5.78 Å². The fourth-order valence-electron chi connectivity index (χ4n) is 3.62. The number of halogens is 1. The van der Waals surface area contributed by atoms with E-state index in [1.165, 1.54) is 35.2 Å². The summed E-state index contributed by atoms with van der Waals surface area (Å²) < 4.78 is 24.3. The molecule has 0 saturated heterocycles. The van der Waals surface area contributed by atoms with Crippen LogP contribution in [0.1, 0.15) is 26.5 Å². The summed E-state index contributed by atoms with van der Waals surface area (Å²) >= 11 is 0. The van der Waals surface area contributed by atoms with Crippen LogP contribution in [0.5, 0.6) is 5.75 Å². The molecule has 1 aromatic heterocycles. The quantitative estimate of drug-likeness (QED) is 0.439. The molecule has 0 radical (unpaired) electrons. The lowest BCUT2D eigenvalue weighted by atomic mass is 10.0. The van der Waals surface area contributed by atoms with Crippen molar-refractivity contribution in [3.05, 3.63) is 95.5 Å². The van der Waals surface area contributed by atoms with E-state index in [0.717, 1.165) is 5.39 Å². The van der Waals surface area contributed by atoms with Crippen LogP contribution < -0.4 is 9.64 Å². The summed E-state index contributed by atoms with van der Waals surface area (Å²) in [5.41, 5.74) is 1.49. The van der Waals surface area contributed by atoms with Gasteiger partial charge in [-0.2, -0.15) is 0 Å². The molecule has 0 unspecified atom stereocenters. The van der Waals surface area contributed by atoms with Gasteiger partial charge < -0.3 is 9.15 Å². The SMILES string of the molecule is O=C(CN1C(=O)COc2ccc(C(=O)c3cc4ccccc4o3)cc21)c1ccc(F)cc1. The van der Waals surface area contributed by atoms with Crippen molar-refractivity contribution in [2.24, 2.45) is 0 Å². The van der Waals surface area contributed by atoms with Crippen molar-refractivity contribution in [1.29, 1.82) is 0 Å². The van der Waals surface area contributed by atoms with Gasteiger partial charge in [-0.25, -0.2) is 4.39 Å². The fraction of sp³-hybridized carbons (Fsp3) is 0.0800. The molecule has 32 heavy (non-hydrogen) atoms. The topological polar surface area (TPSA) is 76.8 Å². The van der Waals surface area contributed by atoms with E-state index in [2.05, 4.69) is 0 Å². The zero-order valence-electron chi connectivity index (χ0n) is 16.7. The normalized spacial score (nSPS) is 13.0. The van der Waals surface area contributed by atoms with Crippen molar-refractivity contribution in [3.8, 4) is 5.75 Å². The molecule has 0 bridgehead atoms. The molecule has 1 amide bonds. The van der Waals surface area contributed by atoms with Gasteiger partial charge in [0.1, 0.15) is 17.1 Å². The zero-order valence-corrected chi connectivity index (χ0v) is 16.7. The number of nitrogens with zero attached hydrogens (tertiary/aromatic N) is 1. The maximum absolute atomic E-state index is 13.2. The van der Waals surface area contributed by atoms with Crippen molar-refractivity contribution in [2.75, 3.05) is 18.1 Å². The van der Waals surface area contributed by atoms with Gasteiger partial charge in [-0.15, -0.1) is 0 Å². The van der Waals surface area contributed by atoms with Crippen LogP contribution in [0.3, 0.4) is 0 Å². The summed E-state index contributed by atoms with van der Waals surface area (Å²) in [7, 11) is 0. The Bertz CT molecular complexity index is 1340. The number of ketones is 2. The molecule has 0 fully saturated rings. The average Bonchev–Trinajstić information content (AvgIpc) is 3.25. The Morgan fingerprint density at radius 1 is 0.938 bits per heavy atom. The maximum atomic E-state index is 13.2. The van der Waals surface area contributed by atoms with Crippen LogP contribution in [0.4, 0.5) is 10.1 Å². The number of para-hydroxylation sites is 1. The molecular weight excluding hydrogens is 413 g/mol. The molecule has 0 aliphatic carbocycles. The Morgan fingerprint density at radius 2 is 1.69 bits per heavy atom.